The second-order valence-corrected chi connectivity index (χ2v) is 8.25. The fourth-order valence-electron chi connectivity index (χ4n) is 4.23. The fraction of sp³-hybridized carbons (Fsp3) is 0.296. The Balaban J connectivity index is 1.99. The lowest BCUT2D eigenvalue weighted by molar-refractivity contribution is -0.583. The average molecular weight is 475 g/mol. The van der Waals surface area contributed by atoms with Gasteiger partial charge < -0.3 is 20.2 Å². The number of nitrogens with zero attached hydrogens (tertiary/aromatic N) is 3. The van der Waals surface area contributed by atoms with Crippen LogP contribution >= 0.6 is 0 Å². The van der Waals surface area contributed by atoms with Crippen molar-refractivity contribution in [3.8, 4) is 22.6 Å². The molecule has 0 amide bonds. The van der Waals surface area contributed by atoms with E-state index in [0.717, 1.165) is 34.1 Å². The highest BCUT2D eigenvalue weighted by atomic mass is 16.5. The quantitative estimate of drug-likeness (QED) is 0.361. The average Bonchev–Trinajstić information content (AvgIpc) is 3.10. The van der Waals surface area contributed by atoms with Crippen LogP contribution in [0.3, 0.4) is 0 Å². The first-order chi connectivity index (χ1) is 16.9. The van der Waals surface area contributed by atoms with E-state index < -0.39 is 0 Å². The van der Waals surface area contributed by atoms with Crippen LogP contribution in [0.1, 0.15) is 27.7 Å². The molecule has 0 fully saturated rings. The number of nitrogens with one attached hydrogen (secondary N) is 1. The first-order valence-corrected chi connectivity index (χ1v) is 11.9. The minimum atomic E-state index is -0.207. The highest BCUT2D eigenvalue weighted by Crippen LogP contribution is 2.35. The van der Waals surface area contributed by atoms with Gasteiger partial charge in [0.05, 0.1) is 48.2 Å². The summed E-state index contributed by atoms with van der Waals surface area (Å²) in [4.78, 5) is 17.9. The predicted molar refractivity (Wildman–Crippen MR) is 140 cm³/mol. The molecule has 0 unspecified atom stereocenters. The molecule has 182 valence electrons. The summed E-state index contributed by atoms with van der Waals surface area (Å²) in [6.45, 7) is 9.52. The summed E-state index contributed by atoms with van der Waals surface area (Å²) in [5.41, 5.74) is 4.83. The van der Waals surface area contributed by atoms with Crippen molar-refractivity contribution in [1.29, 1.82) is 5.41 Å². The number of nitrogens with two attached hydrogens (primary N) is 1. The van der Waals surface area contributed by atoms with Crippen molar-refractivity contribution in [1.82, 2.24) is 14.1 Å². The van der Waals surface area contributed by atoms with E-state index in [0.29, 0.717) is 41.6 Å². The molecule has 35 heavy (non-hydrogen) atoms. The minimum absolute atomic E-state index is 0.207. The zero-order valence-electron chi connectivity index (χ0n) is 20.9. The lowest BCUT2D eigenvalue weighted by Gasteiger charge is -2.13. The van der Waals surface area contributed by atoms with Crippen LogP contribution in [-0.4, -0.2) is 39.6 Å². The summed E-state index contributed by atoms with van der Waals surface area (Å²) in [6.07, 6.45) is 3.57. The van der Waals surface area contributed by atoms with Crippen molar-refractivity contribution in [2.24, 2.45) is 7.05 Å². The number of pyridine rings is 1. The van der Waals surface area contributed by atoms with Crippen molar-refractivity contribution in [2.45, 2.75) is 27.7 Å². The van der Waals surface area contributed by atoms with Crippen LogP contribution in [0.5, 0.6) is 11.5 Å². The Morgan fingerprint density at radius 3 is 2.43 bits per heavy atom. The Kier molecular flexibility index (Phi) is 7.02. The summed E-state index contributed by atoms with van der Waals surface area (Å²) in [5.74, 6) is 1.41. The molecule has 0 atom stereocenters. The van der Waals surface area contributed by atoms with Crippen molar-refractivity contribution < 1.29 is 14.8 Å². The Hall–Kier alpha value is -3.91. The van der Waals surface area contributed by atoms with Crippen LogP contribution in [0.4, 0.5) is 0 Å². The Labute approximate surface area is 204 Å². The van der Waals surface area contributed by atoms with Gasteiger partial charge in [-0.05, 0) is 63.1 Å². The van der Waals surface area contributed by atoms with Gasteiger partial charge in [-0.1, -0.05) is 12.1 Å². The highest BCUT2D eigenvalue weighted by Gasteiger charge is 2.20. The predicted octanol–water partition coefficient (Wildman–Crippen LogP) is 3.77. The van der Waals surface area contributed by atoms with Gasteiger partial charge in [-0.2, -0.15) is 0 Å². The maximum absolute atomic E-state index is 13.3. The van der Waals surface area contributed by atoms with Crippen LogP contribution in [0.15, 0.2) is 53.6 Å². The van der Waals surface area contributed by atoms with Crippen LogP contribution < -0.4 is 20.5 Å². The van der Waals surface area contributed by atoms with E-state index in [-0.39, 0.29) is 5.69 Å². The van der Waals surface area contributed by atoms with Gasteiger partial charge in [-0.15, -0.1) is 0 Å². The number of ether oxygens (including phenoxy) is 2. The number of quaternary nitrogens is 1. The second-order valence-electron chi connectivity index (χ2n) is 8.25. The zero-order chi connectivity index (χ0) is 25.1. The third kappa shape index (κ3) is 4.44. The molecule has 3 N–H and O–H groups in total. The molecular weight excluding hydrogens is 442 g/mol. The lowest BCUT2D eigenvalue weighted by atomic mass is 10.0. The van der Waals surface area contributed by atoms with E-state index in [9.17, 15) is 4.79 Å². The van der Waals surface area contributed by atoms with Crippen molar-refractivity contribution >= 4 is 33.3 Å². The van der Waals surface area contributed by atoms with Crippen LogP contribution in [0.2, 0.25) is 0 Å². The van der Waals surface area contributed by atoms with Gasteiger partial charge in [0.2, 0.25) is 0 Å². The topological polar surface area (TPSA) is 98.7 Å². The molecule has 4 aromatic rings. The first kappa shape index (κ1) is 24.2. The number of fused-ring (bicyclic) bond motifs is 3. The number of imidazole rings is 1. The van der Waals surface area contributed by atoms with Gasteiger partial charge in [-0.25, -0.2) is 4.79 Å². The largest absolute Gasteiger partial charge is 0.490 e. The molecule has 2 aromatic carbocycles. The first-order valence-electron chi connectivity index (χ1n) is 11.9. The summed E-state index contributed by atoms with van der Waals surface area (Å²) >= 11 is 0. The van der Waals surface area contributed by atoms with Gasteiger partial charge in [0.1, 0.15) is 11.9 Å². The molecule has 2 aromatic heterocycles. The Bertz CT molecular complexity index is 1500. The van der Waals surface area contributed by atoms with Crippen LogP contribution in [0.25, 0.3) is 38.8 Å². The molecule has 0 aliphatic heterocycles. The molecule has 0 bridgehead atoms. The molecule has 4 rings (SSSR count). The van der Waals surface area contributed by atoms with Crippen molar-refractivity contribution in [2.75, 3.05) is 19.8 Å². The number of rotatable bonds is 9. The van der Waals surface area contributed by atoms with E-state index in [1.165, 1.54) is 0 Å². The van der Waals surface area contributed by atoms with E-state index in [2.05, 4.69) is 4.98 Å². The second kappa shape index (κ2) is 10.1. The normalized spacial score (nSPS) is 11.9. The molecule has 8 heteroatoms. The van der Waals surface area contributed by atoms with Gasteiger partial charge in [0.25, 0.3) is 0 Å². The van der Waals surface area contributed by atoms with Crippen molar-refractivity contribution in [3.63, 3.8) is 0 Å². The van der Waals surface area contributed by atoms with E-state index >= 15 is 0 Å². The number of hydrogen-bond donors (Lipinski definition) is 2. The third-order valence-electron chi connectivity index (χ3n) is 5.90. The molecule has 2 heterocycles. The minimum Gasteiger partial charge on any atom is -0.490 e. The number of allylic oxidation sites excluding steroid dienone is 1. The number of aromatic nitrogens is 3. The van der Waals surface area contributed by atoms with Gasteiger partial charge in [0, 0.05) is 12.4 Å². The molecule has 0 saturated heterocycles. The fourth-order valence-corrected chi connectivity index (χ4v) is 4.23. The Morgan fingerprint density at radius 2 is 1.74 bits per heavy atom. The van der Waals surface area contributed by atoms with Gasteiger partial charge in [0.15, 0.2) is 11.5 Å². The highest BCUT2D eigenvalue weighted by molar-refractivity contribution is 6.18. The maximum atomic E-state index is 13.3. The lowest BCUT2D eigenvalue weighted by Crippen LogP contribution is -2.77. The summed E-state index contributed by atoms with van der Waals surface area (Å²) in [5, 5.41) is 11.2. The third-order valence-corrected chi connectivity index (χ3v) is 5.90. The van der Waals surface area contributed by atoms with Gasteiger partial charge in [-0.3, -0.25) is 14.1 Å². The van der Waals surface area contributed by atoms with E-state index in [1.807, 2.05) is 68.7 Å². The maximum Gasteiger partial charge on any atom is 0.333 e. The Morgan fingerprint density at radius 1 is 1.06 bits per heavy atom. The molecule has 0 saturated carbocycles. The number of benzene rings is 2. The molecule has 0 spiro atoms. The molecule has 8 nitrogen and oxygen atoms in total. The van der Waals surface area contributed by atoms with Gasteiger partial charge >= 0.3 is 5.69 Å². The van der Waals surface area contributed by atoms with Crippen LogP contribution in [0, 0.1) is 5.41 Å². The van der Waals surface area contributed by atoms with Crippen molar-refractivity contribution in [3.05, 3.63) is 59.3 Å². The molecule has 0 aliphatic carbocycles. The van der Waals surface area contributed by atoms with Crippen LogP contribution in [-0.2, 0) is 7.05 Å². The standard InChI is InChI=1S/C27H31N5O3/c1-6-29-15-22(17(4)28)32-26-20-13-18(9-11-21(20)30-16-23(26)31(5)27(32)33)19-10-12-24(34-7-2)25(14-19)35-8-3/h9-16,28-29H,6-8H2,1-5H3/p+1. The molecular formula is C27H32N5O3+. The number of hydrogen-bond acceptors (Lipinski definition) is 5. The number of aryl methyl sites for hydroxylation is 1. The smallest absolute Gasteiger partial charge is 0.333 e. The SMILES string of the molecule is CC[NH2+]C=C(C(C)=N)n1c(=O)n(C)c2cnc3ccc(-c4ccc(OCC)c(OCC)c4)cc3c21. The summed E-state index contributed by atoms with van der Waals surface area (Å²) < 4.78 is 14.7. The summed E-state index contributed by atoms with van der Waals surface area (Å²) in [7, 11) is 1.74. The molecule has 0 radical (unpaired) electrons. The summed E-state index contributed by atoms with van der Waals surface area (Å²) in [6, 6.07) is 11.9. The van der Waals surface area contributed by atoms with E-state index in [4.69, 9.17) is 14.9 Å². The monoisotopic (exact) mass is 474 g/mol. The zero-order valence-corrected chi connectivity index (χ0v) is 20.9. The van der Waals surface area contributed by atoms with E-state index in [1.54, 1.807) is 29.3 Å². The molecule has 0 aliphatic rings.